The molecule has 0 bridgehead atoms. The summed E-state index contributed by atoms with van der Waals surface area (Å²) in [7, 11) is 1.78. The number of hydrogen-bond acceptors (Lipinski definition) is 5. The summed E-state index contributed by atoms with van der Waals surface area (Å²) >= 11 is 0. The molecule has 2 heterocycles. The summed E-state index contributed by atoms with van der Waals surface area (Å²) in [6, 6.07) is 22.1. The predicted molar refractivity (Wildman–Crippen MR) is 160 cm³/mol. The molecule has 2 aliphatic rings. The minimum absolute atomic E-state index is 0.0133. The van der Waals surface area contributed by atoms with Crippen molar-refractivity contribution in [1.29, 1.82) is 0 Å². The lowest BCUT2D eigenvalue weighted by molar-refractivity contribution is -0.120. The van der Waals surface area contributed by atoms with Crippen molar-refractivity contribution in [2.24, 2.45) is 0 Å². The molecule has 0 saturated carbocycles. The van der Waals surface area contributed by atoms with Crippen LogP contribution in [0.1, 0.15) is 47.2 Å². The summed E-state index contributed by atoms with van der Waals surface area (Å²) in [6.45, 7) is 1.45. The topological polar surface area (TPSA) is 103 Å². The van der Waals surface area contributed by atoms with E-state index in [4.69, 9.17) is 0 Å². The molecule has 8 heteroatoms. The average Bonchev–Trinajstić information content (AvgIpc) is 3.70. The number of nitrogens with one attached hydrogen (secondary N) is 4. The fraction of sp³-hybridized carbons (Fsp3) is 0.281. The molecular formula is C32H35N5O3. The monoisotopic (exact) mass is 537 g/mol. The third-order valence-electron chi connectivity index (χ3n) is 7.44. The molecule has 2 atom stereocenters. The van der Waals surface area contributed by atoms with Crippen LogP contribution in [0.25, 0.3) is 12.2 Å². The average molecular weight is 538 g/mol. The van der Waals surface area contributed by atoms with Gasteiger partial charge in [0.15, 0.2) is 0 Å². The molecule has 2 aliphatic heterocycles. The van der Waals surface area contributed by atoms with Crippen LogP contribution in [-0.4, -0.2) is 54.8 Å². The van der Waals surface area contributed by atoms with Crippen molar-refractivity contribution in [2.45, 2.75) is 37.8 Å². The van der Waals surface area contributed by atoms with Gasteiger partial charge in [-0.1, -0.05) is 48.6 Å². The number of benzene rings is 3. The molecular weight excluding hydrogens is 502 g/mol. The third-order valence-corrected chi connectivity index (χ3v) is 7.44. The van der Waals surface area contributed by atoms with Gasteiger partial charge in [-0.2, -0.15) is 0 Å². The number of amides is 3. The van der Waals surface area contributed by atoms with Crippen LogP contribution < -0.4 is 21.3 Å². The zero-order valence-corrected chi connectivity index (χ0v) is 22.7. The molecule has 5 rings (SSSR count). The maximum absolute atomic E-state index is 13.2. The Morgan fingerprint density at radius 2 is 1.43 bits per heavy atom. The third kappa shape index (κ3) is 6.40. The van der Waals surface area contributed by atoms with Crippen LogP contribution in [0.2, 0.25) is 0 Å². The van der Waals surface area contributed by atoms with E-state index in [1.807, 2.05) is 78.9 Å². The van der Waals surface area contributed by atoms with Gasteiger partial charge >= 0.3 is 0 Å². The van der Waals surface area contributed by atoms with Crippen molar-refractivity contribution in [3.8, 4) is 0 Å². The van der Waals surface area contributed by atoms with Crippen LogP contribution >= 0.6 is 0 Å². The van der Waals surface area contributed by atoms with Crippen molar-refractivity contribution < 1.29 is 14.4 Å². The minimum Gasteiger partial charge on any atom is -0.387 e. The van der Waals surface area contributed by atoms with Gasteiger partial charge in [0.1, 0.15) is 6.04 Å². The molecule has 3 amide bonds. The highest BCUT2D eigenvalue weighted by Crippen LogP contribution is 2.25. The normalized spacial score (nSPS) is 18.6. The van der Waals surface area contributed by atoms with Crippen molar-refractivity contribution in [3.63, 3.8) is 0 Å². The predicted octanol–water partition coefficient (Wildman–Crippen LogP) is 4.83. The number of anilines is 3. The molecule has 0 unspecified atom stereocenters. The first kappa shape index (κ1) is 27.1. The maximum atomic E-state index is 13.2. The van der Waals surface area contributed by atoms with Crippen LogP contribution in [0.15, 0.2) is 72.8 Å². The Morgan fingerprint density at radius 3 is 2.02 bits per heavy atom. The number of hydrogen-bond donors (Lipinski definition) is 4. The van der Waals surface area contributed by atoms with Gasteiger partial charge in [-0.05, 0) is 79.8 Å². The maximum Gasteiger partial charge on any atom is 0.256 e. The quantitative estimate of drug-likeness (QED) is 0.308. The zero-order valence-electron chi connectivity index (χ0n) is 22.7. The lowest BCUT2D eigenvalue weighted by atomic mass is 10.1. The van der Waals surface area contributed by atoms with Crippen molar-refractivity contribution in [3.05, 3.63) is 89.5 Å². The molecule has 0 aliphatic carbocycles. The number of carbonyl (C=O) groups excluding carboxylic acids is 3. The largest absolute Gasteiger partial charge is 0.387 e. The second kappa shape index (κ2) is 12.6. The van der Waals surface area contributed by atoms with E-state index < -0.39 is 6.04 Å². The van der Waals surface area contributed by atoms with Crippen LogP contribution in [0, 0.1) is 0 Å². The van der Waals surface area contributed by atoms with Gasteiger partial charge in [0.2, 0.25) is 11.8 Å². The van der Waals surface area contributed by atoms with Gasteiger partial charge in [-0.25, -0.2) is 0 Å². The van der Waals surface area contributed by atoms with E-state index in [1.54, 1.807) is 18.0 Å². The fourth-order valence-electron chi connectivity index (χ4n) is 5.24. The first-order chi connectivity index (χ1) is 19.5. The van der Waals surface area contributed by atoms with E-state index in [0.717, 1.165) is 48.3 Å². The Hall–Kier alpha value is -4.43. The van der Waals surface area contributed by atoms with Gasteiger partial charge in [0.05, 0.1) is 11.6 Å². The number of rotatable bonds is 8. The molecule has 0 spiro atoms. The lowest BCUT2D eigenvalue weighted by Gasteiger charge is -2.25. The molecule has 3 aromatic carbocycles. The summed E-state index contributed by atoms with van der Waals surface area (Å²) in [6.07, 6.45) is 7.34. The molecule has 4 N–H and O–H groups in total. The molecule has 40 heavy (non-hydrogen) atoms. The van der Waals surface area contributed by atoms with E-state index in [9.17, 15) is 14.4 Å². The highest BCUT2D eigenvalue weighted by molar-refractivity contribution is 6.04. The van der Waals surface area contributed by atoms with E-state index in [1.165, 1.54) is 0 Å². The standard InChI is InChI=1S/C32H35N5O3/c1-33-27-7-3-2-6-26(27)32(40)37-21-5-9-29(37)31(39)36-25-18-14-23(15-19-25)11-10-22-12-16-24(17-13-22)35-30(38)28-8-4-20-34-28/h2-3,6-7,10-19,28-29,33-34H,4-5,8-9,20-21H2,1H3,(H,35,38)(H,36,39)/b11-10+/t28-,29-/m0/s1. The second-order valence-corrected chi connectivity index (χ2v) is 10.2. The second-order valence-electron chi connectivity index (χ2n) is 10.2. The molecule has 3 aromatic rings. The number of likely N-dealkylation sites (tertiary alicyclic amines) is 1. The smallest absolute Gasteiger partial charge is 0.256 e. The van der Waals surface area contributed by atoms with Crippen molar-refractivity contribution in [1.82, 2.24) is 10.2 Å². The van der Waals surface area contributed by atoms with Crippen molar-refractivity contribution in [2.75, 3.05) is 36.1 Å². The number of para-hydroxylation sites is 1. The molecule has 2 fully saturated rings. The SMILES string of the molecule is CNc1ccccc1C(=O)N1CCC[C@H]1C(=O)Nc1ccc(/C=C/c2ccc(NC(=O)[C@@H]3CCCN3)cc2)cc1. The minimum atomic E-state index is -0.501. The summed E-state index contributed by atoms with van der Waals surface area (Å²) in [5.41, 5.74) is 4.80. The van der Waals surface area contributed by atoms with Gasteiger partial charge < -0.3 is 26.2 Å². The Kier molecular flexibility index (Phi) is 8.56. The summed E-state index contributed by atoms with van der Waals surface area (Å²) in [4.78, 5) is 40.3. The van der Waals surface area contributed by atoms with E-state index >= 15 is 0 Å². The Bertz CT molecular complexity index is 1380. The number of nitrogens with zero attached hydrogens (tertiary/aromatic N) is 1. The first-order valence-electron chi connectivity index (χ1n) is 13.8. The number of carbonyl (C=O) groups is 3. The van der Waals surface area contributed by atoms with E-state index in [-0.39, 0.29) is 23.8 Å². The first-order valence-corrected chi connectivity index (χ1v) is 13.8. The molecule has 0 aromatic heterocycles. The van der Waals surface area contributed by atoms with Crippen LogP contribution in [0.3, 0.4) is 0 Å². The van der Waals surface area contributed by atoms with Crippen LogP contribution in [0.4, 0.5) is 17.1 Å². The van der Waals surface area contributed by atoms with Crippen LogP contribution in [-0.2, 0) is 9.59 Å². The Balaban J connectivity index is 1.16. The zero-order chi connectivity index (χ0) is 27.9. The highest BCUT2D eigenvalue weighted by Gasteiger charge is 2.35. The summed E-state index contributed by atoms with van der Waals surface area (Å²) in [5.74, 6) is -0.296. The Morgan fingerprint density at radius 1 is 0.800 bits per heavy atom. The molecule has 2 saturated heterocycles. The molecule has 206 valence electrons. The van der Waals surface area contributed by atoms with Crippen LogP contribution in [0.5, 0.6) is 0 Å². The van der Waals surface area contributed by atoms with Gasteiger partial charge in [-0.3, -0.25) is 14.4 Å². The Labute approximate surface area is 234 Å². The van der Waals surface area contributed by atoms with Gasteiger partial charge in [0, 0.05) is 30.7 Å². The van der Waals surface area contributed by atoms with Gasteiger partial charge in [0.25, 0.3) is 5.91 Å². The summed E-state index contributed by atoms with van der Waals surface area (Å²) < 4.78 is 0. The fourth-order valence-corrected chi connectivity index (χ4v) is 5.24. The van der Waals surface area contributed by atoms with Gasteiger partial charge in [-0.15, -0.1) is 0 Å². The molecule has 8 nitrogen and oxygen atoms in total. The van der Waals surface area contributed by atoms with Crippen molar-refractivity contribution >= 4 is 46.9 Å². The summed E-state index contributed by atoms with van der Waals surface area (Å²) in [5, 5.41) is 12.2. The highest BCUT2D eigenvalue weighted by atomic mass is 16.2. The van der Waals surface area contributed by atoms with E-state index in [0.29, 0.717) is 24.2 Å². The lowest BCUT2D eigenvalue weighted by Crippen LogP contribution is -2.43. The van der Waals surface area contributed by atoms with E-state index in [2.05, 4.69) is 21.3 Å². The molecule has 0 radical (unpaired) electrons.